The molecule has 0 N–H and O–H groups in total. The predicted molar refractivity (Wildman–Crippen MR) is 30.7 cm³/mol. The molecule has 1 heterocycles. The first kappa shape index (κ1) is 5.43. The third-order valence-electron chi connectivity index (χ3n) is 1.35. The van der Waals surface area contributed by atoms with Gasteiger partial charge in [0.1, 0.15) is 0 Å². The van der Waals surface area contributed by atoms with Gasteiger partial charge >= 0.3 is 0 Å². The normalized spacial score (nSPS) is 20.1. The van der Waals surface area contributed by atoms with Crippen molar-refractivity contribution >= 4 is 0 Å². The van der Waals surface area contributed by atoms with Crippen molar-refractivity contribution in [2.75, 3.05) is 13.1 Å². The van der Waals surface area contributed by atoms with Gasteiger partial charge in [-0.15, -0.1) is 0 Å². The quantitative estimate of drug-likeness (QED) is 0.429. The average molecular weight is 109 g/mol. The molecule has 0 aromatic heterocycles. The SMILES string of the molecule is N#CN1CC[CH]CC1. The molecular weight excluding hydrogens is 100 g/mol. The molecule has 0 aromatic carbocycles. The lowest BCUT2D eigenvalue weighted by molar-refractivity contribution is 0.361. The summed E-state index contributed by atoms with van der Waals surface area (Å²) in [4.78, 5) is 1.79. The van der Waals surface area contributed by atoms with Gasteiger partial charge in [-0.25, -0.2) is 0 Å². The first-order valence-corrected chi connectivity index (χ1v) is 2.90. The first-order chi connectivity index (χ1) is 3.93. The zero-order valence-electron chi connectivity index (χ0n) is 4.80. The summed E-state index contributed by atoms with van der Waals surface area (Å²) in [5.41, 5.74) is 0. The molecule has 0 spiro atoms. The lowest BCUT2D eigenvalue weighted by Gasteiger charge is -2.19. The zero-order chi connectivity index (χ0) is 5.82. The molecule has 2 heteroatoms. The number of hydrogen-bond acceptors (Lipinski definition) is 2. The van der Waals surface area contributed by atoms with Crippen LogP contribution in [-0.2, 0) is 0 Å². The monoisotopic (exact) mass is 109 g/mol. The van der Waals surface area contributed by atoms with Crippen molar-refractivity contribution in [1.29, 1.82) is 5.26 Å². The molecule has 0 aromatic rings. The van der Waals surface area contributed by atoms with E-state index in [1.54, 1.807) is 4.90 Å². The van der Waals surface area contributed by atoms with Crippen molar-refractivity contribution in [3.63, 3.8) is 0 Å². The van der Waals surface area contributed by atoms with Gasteiger partial charge in [-0.1, -0.05) is 0 Å². The summed E-state index contributed by atoms with van der Waals surface area (Å²) < 4.78 is 0. The number of nitrogens with zero attached hydrogens (tertiary/aromatic N) is 2. The van der Waals surface area contributed by atoms with Crippen LogP contribution in [0.25, 0.3) is 0 Å². The maximum atomic E-state index is 8.35. The zero-order valence-corrected chi connectivity index (χ0v) is 4.80. The van der Waals surface area contributed by atoms with E-state index < -0.39 is 0 Å². The maximum absolute atomic E-state index is 8.35. The Morgan fingerprint density at radius 2 is 2.00 bits per heavy atom. The van der Waals surface area contributed by atoms with Gasteiger partial charge < -0.3 is 4.90 Å². The second-order valence-electron chi connectivity index (χ2n) is 1.95. The topological polar surface area (TPSA) is 27.0 Å². The highest BCUT2D eigenvalue weighted by molar-refractivity contribution is 4.83. The molecule has 1 aliphatic heterocycles. The Labute approximate surface area is 49.7 Å². The van der Waals surface area contributed by atoms with Gasteiger partial charge in [0.05, 0.1) is 0 Å². The highest BCUT2D eigenvalue weighted by Crippen LogP contribution is 2.04. The van der Waals surface area contributed by atoms with Crippen LogP contribution in [0.5, 0.6) is 0 Å². The van der Waals surface area contributed by atoms with Crippen molar-refractivity contribution in [3.8, 4) is 6.19 Å². The Morgan fingerprint density at radius 3 is 2.38 bits per heavy atom. The van der Waals surface area contributed by atoms with Crippen molar-refractivity contribution in [3.05, 3.63) is 6.42 Å². The van der Waals surface area contributed by atoms with Gasteiger partial charge in [-0.05, 0) is 19.3 Å². The van der Waals surface area contributed by atoms with E-state index in [1.807, 2.05) is 0 Å². The molecule has 0 saturated carbocycles. The van der Waals surface area contributed by atoms with Gasteiger partial charge in [0, 0.05) is 13.1 Å². The first-order valence-electron chi connectivity index (χ1n) is 2.90. The number of piperidine rings is 1. The largest absolute Gasteiger partial charge is 0.311 e. The van der Waals surface area contributed by atoms with Crippen LogP contribution in [0.15, 0.2) is 0 Å². The van der Waals surface area contributed by atoms with Crippen LogP contribution in [0.2, 0.25) is 0 Å². The lowest BCUT2D eigenvalue weighted by Crippen LogP contribution is -2.24. The molecule has 0 atom stereocenters. The minimum absolute atomic E-state index is 0.927. The Hall–Kier alpha value is -0.710. The highest BCUT2D eigenvalue weighted by atomic mass is 15.1. The summed E-state index contributed by atoms with van der Waals surface area (Å²) in [7, 11) is 0. The minimum Gasteiger partial charge on any atom is -0.311 e. The van der Waals surface area contributed by atoms with E-state index in [1.165, 1.54) is 0 Å². The van der Waals surface area contributed by atoms with Crippen LogP contribution in [0, 0.1) is 17.9 Å². The fourth-order valence-electron chi connectivity index (χ4n) is 0.850. The lowest BCUT2D eigenvalue weighted by atomic mass is 10.1. The third kappa shape index (κ3) is 1.13. The van der Waals surface area contributed by atoms with Crippen LogP contribution >= 0.6 is 0 Å². The summed E-state index contributed by atoms with van der Waals surface area (Å²) in [6.07, 6.45) is 6.50. The van der Waals surface area contributed by atoms with E-state index in [4.69, 9.17) is 5.26 Å². The second-order valence-corrected chi connectivity index (χ2v) is 1.95. The molecule has 1 aliphatic rings. The summed E-state index contributed by atoms with van der Waals surface area (Å²) in [5.74, 6) is 0. The van der Waals surface area contributed by atoms with Gasteiger partial charge in [0.25, 0.3) is 0 Å². The van der Waals surface area contributed by atoms with Crippen molar-refractivity contribution in [1.82, 2.24) is 4.90 Å². The van der Waals surface area contributed by atoms with Gasteiger partial charge in [0.2, 0.25) is 0 Å². The maximum Gasteiger partial charge on any atom is 0.179 e. The summed E-state index contributed by atoms with van der Waals surface area (Å²) in [6, 6.07) is 0. The minimum atomic E-state index is 0.927. The Bertz CT molecular complexity index is 97.6. The molecule has 2 nitrogen and oxygen atoms in total. The van der Waals surface area contributed by atoms with Gasteiger partial charge in [-0.3, -0.25) is 0 Å². The smallest absolute Gasteiger partial charge is 0.179 e. The summed E-state index contributed by atoms with van der Waals surface area (Å²) in [5, 5.41) is 8.35. The van der Waals surface area contributed by atoms with Gasteiger partial charge in [0.15, 0.2) is 6.19 Å². The van der Waals surface area contributed by atoms with Crippen molar-refractivity contribution in [2.45, 2.75) is 12.8 Å². The summed E-state index contributed by atoms with van der Waals surface area (Å²) >= 11 is 0. The second kappa shape index (κ2) is 2.56. The van der Waals surface area contributed by atoms with Crippen LogP contribution in [-0.4, -0.2) is 18.0 Å². The third-order valence-corrected chi connectivity index (χ3v) is 1.35. The number of hydrogen-bond donors (Lipinski definition) is 0. The average Bonchev–Trinajstić information content (AvgIpc) is 1.90. The fourth-order valence-corrected chi connectivity index (χ4v) is 0.850. The highest BCUT2D eigenvalue weighted by Gasteiger charge is 2.05. The Kier molecular flexibility index (Phi) is 1.74. The van der Waals surface area contributed by atoms with E-state index in [0.717, 1.165) is 25.9 Å². The predicted octanol–water partition coefficient (Wildman–Crippen LogP) is 0.768. The van der Waals surface area contributed by atoms with Gasteiger partial charge in [-0.2, -0.15) is 5.26 Å². The molecular formula is C6H9N2. The molecule has 8 heavy (non-hydrogen) atoms. The van der Waals surface area contributed by atoms with E-state index in [9.17, 15) is 0 Å². The molecule has 43 valence electrons. The van der Waals surface area contributed by atoms with E-state index in [0.29, 0.717) is 0 Å². The molecule has 1 fully saturated rings. The molecule has 0 amide bonds. The van der Waals surface area contributed by atoms with Crippen molar-refractivity contribution < 1.29 is 0 Å². The Morgan fingerprint density at radius 1 is 1.38 bits per heavy atom. The van der Waals surface area contributed by atoms with Crippen molar-refractivity contribution in [2.24, 2.45) is 0 Å². The standard InChI is InChI=1S/C6H9N2/c7-6-8-4-2-1-3-5-8/h1H,2-5H2. The fraction of sp³-hybridized carbons (Fsp3) is 0.667. The van der Waals surface area contributed by atoms with E-state index >= 15 is 0 Å². The molecule has 0 unspecified atom stereocenters. The molecule has 1 radical (unpaired) electrons. The van der Waals surface area contributed by atoms with Crippen LogP contribution in [0.4, 0.5) is 0 Å². The number of rotatable bonds is 0. The molecule has 1 rings (SSSR count). The van der Waals surface area contributed by atoms with E-state index in [-0.39, 0.29) is 0 Å². The molecule has 0 bridgehead atoms. The molecule has 1 saturated heterocycles. The summed E-state index contributed by atoms with van der Waals surface area (Å²) in [6.45, 7) is 1.85. The van der Waals surface area contributed by atoms with E-state index in [2.05, 4.69) is 12.6 Å². The number of likely N-dealkylation sites (tertiary alicyclic amines) is 1. The Balaban J connectivity index is 2.25. The number of nitriles is 1. The van der Waals surface area contributed by atoms with Crippen LogP contribution < -0.4 is 0 Å². The molecule has 0 aliphatic carbocycles. The van der Waals surface area contributed by atoms with Crippen LogP contribution in [0.1, 0.15) is 12.8 Å². The van der Waals surface area contributed by atoms with Crippen LogP contribution in [0.3, 0.4) is 0 Å².